The van der Waals surface area contributed by atoms with E-state index in [4.69, 9.17) is 0 Å². The minimum atomic E-state index is 1.20. The lowest BCUT2D eigenvalue weighted by atomic mass is 10.00. The predicted molar refractivity (Wildman–Crippen MR) is 233 cm³/mol. The number of fused-ring (bicyclic) bond motifs is 10. The van der Waals surface area contributed by atoms with Crippen molar-refractivity contribution in [2.75, 3.05) is 0 Å². The van der Waals surface area contributed by atoms with Crippen LogP contribution in [0.2, 0.25) is 0 Å². The van der Waals surface area contributed by atoms with Gasteiger partial charge in [-0.2, -0.15) is 0 Å². The molecule has 0 saturated heterocycles. The fourth-order valence-electron chi connectivity index (χ4n) is 8.60. The van der Waals surface area contributed by atoms with Crippen LogP contribution < -0.4 is 0 Å². The second-order valence-corrected chi connectivity index (χ2v) is 15.9. The van der Waals surface area contributed by atoms with Crippen LogP contribution in [0, 0.1) is 6.92 Å². The third kappa shape index (κ3) is 4.43. The van der Waals surface area contributed by atoms with Crippen molar-refractivity contribution in [2.45, 2.75) is 6.92 Å². The van der Waals surface area contributed by atoms with Gasteiger partial charge in [0, 0.05) is 67.8 Å². The van der Waals surface area contributed by atoms with E-state index in [-0.39, 0.29) is 0 Å². The van der Waals surface area contributed by atoms with Crippen molar-refractivity contribution in [1.29, 1.82) is 0 Å². The van der Waals surface area contributed by atoms with E-state index in [1.54, 1.807) is 0 Å². The zero-order valence-electron chi connectivity index (χ0n) is 29.0. The lowest BCUT2D eigenvalue weighted by molar-refractivity contribution is 1.06. The molecule has 2 nitrogen and oxygen atoms in total. The molecular formula is C49H32N2S2. The average Bonchev–Trinajstić information content (AvgIpc) is 3.94. The second-order valence-electron chi connectivity index (χ2n) is 13.7. The van der Waals surface area contributed by atoms with Gasteiger partial charge in [0.25, 0.3) is 0 Å². The molecule has 7 aromatic carbocycles. The molecule has 4 heteroatoms. The summed E-state index contributed by atoms with van der Waals surface area (Å²) in [4.78, 5) is 0. The summed E-state index contributed by atoms with van der Waals surface area (Å²) in [6.07, 6.45) is 6.13. The monoisotopic (exact) mass is 712 g/mol. The molecule has 0 fully saturated rings. The fraction of sp³-hybridized carbons (Fsp3) is 0.0204. The summed E-state index contributed by atoms with van der Waals surface area (Å²) >= 11 is 3.73. The van der Waals surface area contributed by atoms with Gasteiger partial charge >= 0.3 is 0 Å². The number of benzene rings is 7. The first-order chi connectivity index (χ1) is 26.2. The highest BCUT2D eigenvalue weighted by Gasteiger charge is 2.20. The van der Waals surface area contributed by atoms with Gasteiger partial charge in [-0.3, -0.25) is 0 Å². The maximum atomic E-state index is 4.00. The van der Waals surface area contributed by atoms with Gasteiger partial charge in [-0.05, 0) is 84.8 Å². The average molecular weight is 713 g/mol. The van der Waals surface area contributed by atoms with Crippen molar-refractivity contribution in [2.24, 2.45) is 0 Å². The Morgan fingerprint density at radius 1 is 0.472 bits per heavy atom. The minimum absolute atomic E-state index is 1.20. The number of rotatable bonds is 5. The van der Waals surface area contributed by atoms with Crippen LogP contribution in [-0.4, -0.2) is 9.13 Å². The standard InChI is InChI=1S/C49H32N2S2/c1-3-4-13-33-30(2)50(42-18-11-22-46-48(42)35-15-6-9-20-44(35)52-46)40-26-24-31(28-37(33)40)32-25-27-41-38(29-32)34-14-5-8-17-39(34)51(41)43-19-12-23-47-49(43)36-16-7-10-21-45(36)53-47/h3-29H,1H2,2H3/b13-4-. The van der Waals surface area contributed by atoms with Crippen LogP contribution in [0.25, 0.3) is 102 Å². The van der Waals surface area contributed by atoms with E-state index in [1.165, 1.54) is 107 Å². The van der Waals surface area contributed by atoms with Gasteiger partial charge in [-0.1, -0.05) is 104 Å². The Kier molecular flexibility index (Phi) is 6.69. The van der Waals surface area contributed by atoms with Crippen molar-refractivity contribution < 1.29 is 0 Å². The van der Waals surface area contributed by atoms with Gasteiger partial charge in [0.1, 0.15) is 0 Å². The summed E-state index contributed by atoms with van der Waals surface area (Å²) in [6.45, 7) is 6.24. The number of para-hydroxylation sites is 1. The van der Waals surface area contributed by atoms with Crippen molar-refractivity contribution in [3.8, 4) is 22.5 Å². The van der Waals surface area contributed by atoms with Crippen LogP contribution in [0.1, 0.15) is 11.3 Å². The van der Waals surface area contributed by atoms with Gasteiger partial charge in [-0.25, -0.2) is 0 Å². The zero-order chi connectivity index (χ0) is 35.2. The molecule has 0 radical (unpaired) electrons. The SMILES string of the molecule is C=C/C=C\c1c(C)n(-c2cccc3sc4ccccc4c23)c2ccc(-c3ccc4c(c3)c3ccccc3n4-c3cccc4sc5ccccc5c34)cc12. The summed E-state index contributed by atoms with van der Waals surface area (Å²) in [6, 6.07) is 53.8. The number of thiophene rings is 2. The summed E-state index contributed by atoms with van der Waals surface area (Å²) in [7, 11) is 0. The van der Waals surface area contributed by atoms with Gasteiger partial charge in [0.05, 0.1) is 27.9 Å². The Labute approximate surface area is 314 Å². The number of hydrogen-bond acceptors (Lipinski definition) is 2. The second kappa shape index (κ2) is 11.7. The molecule has 0 bridgehead atoms. The highest BCUT2D eigenvalue weighted by Crippen LogP contribution is 2.43. The molecule has 0 aliphatic rings. The Morgan fingerprint density at radius 3 is 1.62 bits per heavy atom. The molecule has 0 saturated carbocycles. The van der Waals surface area contributed by atoms with Crippen LogP contribution in [0.3, 0.4) is 0 Å². The molecule has 0 spiro atoms. The van der Waals surface area contributed by atoms with E-state index < -0.39 is 0 Å². The molecule has 250 valence electrons. The molecule has 4 heterocycles. The van der Waals surface area contributed by atoms with Crippen LogP contribution in [0.4, 0.5) is 0 Å². The minimum Gasteiger partial charge on any atom is -0.313 e. The van der Waals surface area contributed by atoms with Gasteiger partial charge < -0.3 is 9.13 Å². The number of aromatic nitrogens is 2. The predicted octanol–water partition coefficient (Wildman–Crippen LogP) is 14.6. The molecule has 0 aliphatic heterocycles. The van der Waals surface area contributed by atoms with Crippen LogP contribution in [-0.2, 0) is 0 Å². The van der Waals surface area contributed by atoms with E-state index in [0.29, 0.717) is 0 Å². The van der Waals surface area contributed by atoms with Gasteiger partial charge in [0.2, 0.25) is 0 Å². The molecule has 0 aliphatic carbocycles. The summed E-state index contributed by atoms with van der Waals surface area (Å²) in [5.74, 6) is 0. The van der Waals surface area contributed by atoms with Crippen LogP contribution in [0.15, 0.2) is 164 Å². The van der Waals surface area contributed by atoms with E-state index in [9.17, 15) is 0 Å². The molecule has 11 aromatic rings. The van der Waals surface area contributed by atoms with Crippen molar-refractivity contribution >= 4 is 102 Å². The lowest BCUT2D eigenvalue weighted by Crippen LogP contribution is -1.97. The molecule has 0 unspecified atom stereocenters. The Bertz CT molecular complexity index is 3320. The summed E-state index contributed by atoms with van der Waals surface area (Å²) in [5.41, 5.74) is 10.9. The van der Waals surface area contributed by atoms with Crippen molar-refractivity contribution in [3.05, 3.63) is 176 Å². The summed E-state index contributed by atoms with van der Waals surface area (Å²) < 4.78 is 10.2. The van der Waals surface area contributed by atoms with Gasteiger partial charge in [0.15, 0.2) is 0 Å². The first kappa shape index (κ1) is 30.4. The van der Waals surface area contributed by atoms with E-state index in [2.05, 4.69) is 180 Å². The quantitative estimate of drug-likeness (QED) is 0.157. The zero-order valence-corrected chi connectivity index (χ0v) is 30.6. The Balaban J connectivity index is 1.13. The molecule has 0 atom stereocenters. The Hall–Kier alpha value is -6.20. The van der Waals surface area contributed by atoms with Gasteiger partial charge in [-0.15, -0.1) is 22.7 Å². The molecule has 53 heavy (non-hydrogen) atoms. The fourth-order valence-corrected chi connectivity index (χ4v) is 10.9. The molecular weight excluding hydrogens is 681 g/mol. The van der Waals surface area contributed by atoms with E-state index >= 15 is 0 Å². The molecule has 4 aromatic heterocycles. The van der Waals surface area contributed by atoms with Crippen molar-refractivity contribution in [1.82, 2.24) is 9.13 Å². The normalized spacial score (nSPS) is 12.2. The molecule has 0 amide bonds. The maximum Gasteiger partial charge on any atom is 0.0555 e. The number of nitrogens with zero attached hydrogens (tertiary/aromatic N) is 2. The van der Waals surface area contributed by atoms with Crippen LogP contribution >= 0.6 is 22.7 Å². The first-order valence-corrected chi connectivity index (χ1v) is 19.6. The van der Waals surface area contributed by atoms with E-state index in [1.807, 2.05) is 28.7 Å². The topological polar surface area (TPSA) is 9.86 Å². The summed E-state index contributed by atoms with van der Waals surface area (Å²) in [5, 5.41) is 8.99. The first-order valence-electron chi connectivity index (χ1n) is 18.0. The van der Waals surface area contributed by atoms with Crippen molar-refractivity contribution in [3.63, 3.8) is 0 Å². The number of hydrogen-bond donors (Lipinski definition) is 0. The molecule has 11 rings (SSSR count). The smallest absolute Gasteiger partial charge is 0.0555 e. The highest BCUT2D eigenvalue weighted by atomic mass is 32.1. The highest BCUT2D eigenvalue weighted by molar-refractivity contribution is 7.26. The third-order valence-electron chi connectivity index (χ3n) is 10.9. The number of allylic oxidation sites excluding steroid dienone is 2. The van der Waals surface area contributed by atoms with Crippen LogP contribution in [0.5, 0.6) is 0 Å². The maximum absolute atomic E-state index is 4.00. The largest absolute Gasteiger partial charge is 0.313 e. The third-order valence-corrected chi connectivity index (χ3v) is 13.2. The van der Waals surface area contributed by atoms with E-state index in [0.717, 1.165) is 0 Å². The Morgan fingerprint density at radius 2 is 0.981 bits per heavy atom. The molecule has 0 N–H and O–H groups in total. The lowest BCUT2D eigenvalue weighted by Gasteiger charge is -2.12.